The zero-order valence-electron chi connectivity index (χ0n) is 49.9. The molecule has 0 aliphatic heterocycles. The molecule has 1 unspecified atom stereocenters. The average molecular weight is 1240 g/mol. The van der Waals surface area contributed by atoms with Crippen molar-refractivity contribution in [3.05, 3.63) is 212 Å². The summed E-state index contributed by atoms with van der Waals surface area (Å²) in [7, 11) is 7.99. The van der Waals surface area contributed by atoms with Crippen molar-refractivity contribution in [1.29, 1.82) is 31.6 Å². The molecule has 5 aliphatic rings. The van der Waals surface area contributed by atoms with Crippen LogP contribution in [-0.4, -0.2) is 127 Å². The van der Waals surface area contributed by atoms with E-state index >= 15 is 0 Å². The molecule has 0 saturated heterocycles. The molecule has 5 aliphatic carbocycles. The first-order valence-corrected chi connectivity index (χ1v) is 27.9. The highest BCUT2D eigenvalue weighted by molar-refractivity contribution is 6.22. The lowest BCUT2D eigenvalue weighted by atomic mass is 10.1. The highest BCUT2D eigenvalue weighted by Crippen LogP contribution is 2.43. The highest BCUT2D eigenvalue weighted by atomic mass is 16.5. The Morgan fingerprint density at radius 3 is 1.10 bits per heavy atom. The number of ether oxygens (including phenoxy) is 4. The van der Waals surface area contributed by atoms with Gasteiger partial charge in [0.1, 0.15) is 100 Å². The van der Waals surface area contributed by atoms with E-state index in [1.165, 1.54) is 14.2 Å². The smallest absolute Gasteiger partial charge is 0.251 e. The fraction of sp³-hybridized carbons (Fsp3) is 0.118. The van der Waals surface area contributed by atoms with Crippen LogP contribution in [0.25, 0.3) is 56.3 Å². The maximum absolute atomic E-state index is 12.3. The number of hydrogen-bond acceptors (Lipinski definition) is 26. The van der Waals surface area contributed by atoms with Crippen molar-refractivity contribution in [3.63, 3.8) is 0 Å². The molecule has 5 aromatic heterocycles. The molecular formula is C68H41N17O9. The van der Waals surface area contributed by atoms with Crippen molar-refractivity contribution in [2.45, 2.75) is 6.10 Å². The minimum absolute atomic E-state index is 0.00556. The normalized spacial score (nSPS) is 12.4. The number of nitriles is 6. The summed E-state index contributed by atoms with van der Waals surface area (Å²) >= 11 is 0. The number of carbonyl (C=O) groups excluding carboxylic acids is 4. The van der Waals surface area contributed by atoms with E-state index in [-0.39, 0.29) is 104 Å². The molecular weight excluding hydrogens is 1200 g/mol. The number of aliphatic hydroxyl groups excluding tert-OH is 1. The summed E-state index contributed by atoms with van der Waals surface area (Å²) in [5, 5.41) is 64.1. The molecule has 452 valence electrons. The summed E-state index contributed by atoms with van der Waals surface area (Å²) < 4.78 is 20.3. The number of aliphatic hydroxyl groups is 1. The Morgan fingerprint density at radius 2 is 0.691 bits per heavy atom. The third kappa shape index (κ3) is 11.0. The van der Waals surface area contributed by atoms with Gasteiger partial charge in [-0.3, -0.25) is 19.2 Å². The Hall–Kier alpha value is -13.8. The van der Waals surface area contributed by atoms with E-state index in [1.807, 2.05) is 78.9 Å². The maximum atomic E-state index is 12.3. The number of benzene rings is 5. The Balaban J connectivity index is 0.000000120. The summed E-state index contributed by atoms with van der Waals surface area (Å²) in [5.41, 5.74) is 10.5. The van der Waals surface area contributed by atoms with Crippen LogP contribution >= 0.6 is 0 Å². The van der Waals surface area contributed by atoms with Crippen molar-refractivity contribution < 1.29 is 43.2 Å². The van der Waals surface area contributed by atoms with Crippen molar-refractivity contribution >= 4 is 29.0 Å². The number of nitrogens with zero attached hydrogens (tertiary/aromatic N) is 17. The molecule has 1 atom stereocenters. The fourth-order valence-corrected chi connectivity index (χ4v) is 10.4. The average Bonchev–Trinajstić information content (AvgIpc) is 1.66. The fourth-order valence-electron chi connectivity index (χ4n) is 10.4. The van der Waals surface area contributed by atoms with Gasteiger partial charge in [0.25, 0.3) is 17.6 Å². The largest absolute Gasteiger partial charge is 0.479 e. The van der Waals surface area contributed by atoms with Gasteiger partial charge >= 0.3 is 0 Å². The zero-order chi connectivity index (χ0) is 66.5. The second-order valence-electron chi connectivity index (χ2n) is 20.3. The summed E-state index contributed by atoms with van der Waals surface area (Å²) in [4.78, 5) is 92.0. The van der Waals surface area contributed by atoms with E-state index in [9.17, 15) is 24.3 Å². The first-order valence-electron chi connectivity index (χ1n) is 27.9. The summed E-state index contributed by atoms with van der Waals surface area (Å²) in [6, 6.07) is 47.2. The monoisotopic (exact) mass is 1240 g/mol. The van der Waals surface area contributed by atoms with Crippen LogP contribution in [0.2, 0.25) is 0 Å². The molecule has 0 bridgehead atoms. The molecule has 0 spiro atoms. The Labute approximate surface area is 533 Å². The molecule has 94 heavy (non-hydrogen) atoms. The number of fused-ring (bicyclic) bond motifs is 15. The lowest BCUT2D eigenvalue weighted by molar-refractivity contribution is 0.103. The third-order valence-electron chi connectivity index (χ3n) is 14.7. The van der Waals surface area contributed by atoms with E-state index in [4.69, 9.17) is 50.5 Å². The van der Waals surface area contributed by atoms with Crippen LogP contribution in [0, 0.1) is 68.0 Å². The molecule has 15 rings (SSSR count). The van der Waals surface area contributed by atoms with Crippen LogP contribution in [0.5, 0.6) is 17.6 Å². The Bertz CT molecular complexity index is 5170. The van der Waals surface area contributed by atoms with Gasteiger partial charge in [0.15, 0.2) is 22.9 Å². The SMILES string of the molecule is CN(C)c1nc2c(nc1C#N)C(=O)c1ccccc1-2.COCCOc1nc2c(nc1C#N)C(=O)c1ccccc1-2.COc1nc2c(nc1C#N)C(=O)c1ccccc1-2.COc1nc2c(nc1C#N)C(O)c1ccccc1-2.N#Cc1nc2c(nc1C#N)-c1ccccc1C2=O. The molecule has 26 heteroatoms. The van der Waals surface area contributed by atoms with Gasteiger partial charge in [-0.2, -0.15) is 31.6 Å². The van der Waals surface area contributed by atoms with E-state index < -0.39 is 6.10 Å². The minimum Gasteiger partial charge on any atom is -0.479 e. The standard InChI is InChI=1S/C15H11N3O3.C14H10N4O.C13H4N4O.C13H9N3O2.C13H7N3O2/c1-20-6-7-21-15-11(8-16)17-13-12(18-15)9-4-2-3-5-10(9)14(13)19;1-18(2)14-10(7-15)16-12-11(17-14)8-5-3-4-6-9(8)13(12)19;14-5-9-10(6-15)17-12-11(16-9)7-3-1-2-4-8(7)13(12)18;2*1-18-13-9(6-14)15-11-10(16-13)7-4-2-3-5-8(7)12(11)17/h2-5H,6-7H2,1H3;3-6H,1-2H3;1-4H;2-5,12,17H,1H3;2-5H,1H3. The summed E-state index contributed by atoms with van der Waals surface area (Å²) in [5.74, 6) is 0.0822. The number of rotatable bonds is 7. The molecule has 0 saturated carbocycles. The van der Waals surface area contributed by atoms with Gasteiger partial charge in [0.2, 0.25) is 40.2 Å². The predicted molar refractivity (Wildman–Crippen MR) is 328 cm³/mol. The third-order valence-corrected chi connectivity index (χ3v) is 14.7. The van der Waals surface area contributed by atoms with Gasteiger partial charge in [-0.1, -0.05) is 121 Å². The van der Waals surface area contributed by atoms with Crippen LogP contribution in [0.1, 0.15) is 116 Å². The van der Waals surface area contributed by atoms with Gasteiger partial charge in [-0.05, 0) is 5.56 Å². The van der Waals surface area contributed by atoms with Crippen molar-refractivity contribution in [2.75, 3.05) is 53.5 Å². The number of ketones is 4. The molecule has 5 aromatic carbocycles. The second-order valence-corrected chi connectivity index (χ2v) is 20.3. The van der Waals surface area contributed by atoms with Crippen LogP contribution in [0.3, 0.4) is 0 Å². The van der Waals surface area contributed by atoms with E-state index in [0.717, 1.165) is 22.3 Å². The van der Waals surface area contributed by atoms with Crippen LogP contribution < -0.4 is 19.1 Å². The van der Waals surface area contributed by atoms with Crippen molar-refractivity contribution in [1.82, 2.24) is 49.8 Å². The first kappa shape index (κ1) is 61.9. The number of hydrogen-bond donors (Lipinski definition) is 1. The Morgan fingerprint density at radius 1 is 0.372 bits per heavy atom. The molecule has 0 fully saturated rings. The molecule has 26 nitrogen and oxygen atoms in total. The quantitative estimate of drug-likeness (QED) is 0.150. The van der Waals surface area contributed by atoms with E-state index in [1.54, 1.807) is 105 Å². The topological polar surface area (TPSA) is 400 Å². The van der Waals surface area contributed by atoms with Crippen LogP contribution in [0.15, 0.2) is 121 Å². The number of methoxy groups -OCH3 is 3. The summed E-state index contributed by atoms with van der Waals surface area (Å²) in [6.45, 7) is 0.632. The summed E-state index contributed by atoms with van der Waals surface area (Å²) in [6.07, 6.45) is -0.832. The van der Waals surface area contributed by atoms with Gasteiger partial charge in [0.05, 0.1) is 26.5 Å². The van der Waals surface area contributed by atoms with Gasteiger partial charge in [0, 0.05) is 71.3 Å². The van der Waals surface area contributed by atoms with Gasteiger partial charge in [-0.15, -0.1) is 0 Å². The van der Waals surface area contributed by atoms with E-state index in [2.05, 4.69) is 49.8 Å². The van der Waals surface area contributed by atoms with Gasteiger partial charge in [-0.25, -0.2) is 49.8 Å². The lowest BCUT2D eigenvalue weighted by Gasteiger charge is -2.13. The van der Waals surface area contributed by atoms with E-state index in [0.29, 0.717) is 80.0 Å². The van der Waals surface area contributed by atoms with Crippen LogP contribution in [0.4, 0.5) is 5.82 Å². The molecule has 5 heterocycles. The Kier molecular flexibility index (Phi) is 17.2. The molecule has 10 aromatic rings. The minimum atomic E-state index is -0.832. The number of anilines is 1. The lowest BCUT2D eigenvalue weighted by Crippen LogP contribution is -2.15. The van der Waals surface area contributed by atoms with Crippen molar-refractivity contribution in [2.24, 2.45) is 0 Å². The molecule has 0 radical (unpaired) electrons. The number of aromatic nitrogens is 10. The van der Waals surface area contributed by atoms with Crippen LogP contribution in [-0.2, 0) is 4.74 Å². The van der Waals surface area contributed by atoms with Gasteiger partial charge < -0.3 is 29.0 Å². The molecule has 1 N–H and O–H groups in total. The second kappa shape index (κ2) is 26.1. The zero-order valence-corrected chi connectivity index (χ0v) is 49.9. The number of carbonyl (C=O) groups is 4. The highest BCUT2D eigenvalue weighted by Gasteiger charge is 2.36. The maximum Gasteiger partial charge on any atom is 0.251 e. The predicted octanol–water partition coefficient (Wildman–Crippen LogP) is 7.63. The first-order chi connectivity index (χ1) is 45.7. The molecule has 0 amide bonds. The van der Waals surface area contributed by atoms with Crippen molar-refractivity contribution in [3.8, 4) is 110 Å².